The summed E-state index contributed by atoms with van der Waals surface area (Å²) in [5, 5.41) is 5.42. The third-order valence-electron chi connectivity index (χ3n) is 3.60. The van der Waals surface area contributed by atoms with Crippen LogP contribution >= 0.6 is 0 Å². The zero-order valence-corrected chi connectivity index (χ0v) is 13.7. The Bertz CT molecular complexity index is 470. The number of sulfonamides is 1. The van der Waals surface area contributed by atoms with Gasteiger partial charge in [0.25, 0.3) is 0 Å². The van der Waals surface area contributed by atoms with Crippen molar-refractivity contribution >= 4 is 21.8 Å². The number of hydrogen-bond donors (Lipinski definition) is 2. The number of carbonyl (C=O) groups is 2. The van der Waals surface area contributed by atoms with Crippen LogP contribution in [0.15, 0.2) is 0 Å². The fraction of sp³-hybridized carbons (Fsp3) is 0.846. The van der Waals surface area contributed by atoms with Crippen LogP contribution in [0.5, 0.6) is 0 Å². The van der Waals surface area contributed by atoms with Gasteiger partial charge in [0.15, 0.2) is 0 Å². The third-order valence-corrected chi connectivity index (χ3v) is 4.90. The first-order valence-corrected chi connectivity index (χ1v) is 9.13. The Morgan fingerprint density at radius 1 is 1.29 bits per heavy atom. The molecule has 1 unspecified atom stereocenters. The predicted molar refractivity (Wildman–Crippen MR) is 80.0 cm³/mol. The number of piperidine rings is 1. The number of hydrogen-bond acceptors (Lipinski definition) is 4. The molecule has 1 rings (SSSR count). The van der Waals surface area contributed by atoms with Crippen LogP contribution in [0.2, 0.25) is 0 Å². The largest absolute Gasteiger partial charge is 0.354 e. The van der Waals surface area contributed by atoms with E-state index in [-0.39, 0.29) is 17.7 Å². The van der Waals surface area contributed by atoms with Crippen molar-refractivity contribution in [3.63, 3.8) is 0 Å². The molecule has 0 aliphatic carbocycles. The summed E-state index contributed by atoms with van der Waals surface area (Å²) in [5.41, 5.74) is 0. The van der Waals surface area contributed by atoms with E-state index in [2.05, 4.69) is 10.6 Å². The van der Waals surface area contributed by atoms with Crippen LogP contribution in [0.3, 0.4) is 0 Å². The van der Waals surface area contributed by atoms with Gasteiger partial charge in [0.05, 0.1) is 6.26 Å². The summed E-state index contributed by atoms with van der Waals surface area (Å²) >= 11 is 0. The maximum Gasteiger partial charge on any atom is 0.242 e. The number of amides is 2. The molecule has 1 atom stereocenters. The van der Waals surface area contributed by atoms with Gasteiger partial charge in [-0.05, 0) is 26.2 Å². The topological polar surface area (TPSA) is 95.6 Å². The second-order valence-corrected chi connectivity index (χ2v) is 7.44. The van der Waals surface area contributed by atoms with Crippen molar-refractivity contribution in [2.45, 2.75) is 39.2 Å². The Kier molecular flexibility index (Phi) is 6.60. The molecule has 0 aromatic carbocycles. The maximum absolute atomic E-state index is 12.1. The Morgan fingerprint density at radius 3 is 2.33 bits per heavy atom. The van der Waals surface area contributed by atoms with E-state index in [1.165, 1.54) is 10.6 Å². The molecule has 21 heavy (non-hydrogen) atoms. The van der Waals surface area contributed by atoms with Gasteiger partial charge in [0.1, 0.15) is 6.04 Å². The van der Waals surface area contributed by atoms with Crippen molar-refractivity contribution in [1.82, 2.24) is 14.9 Å². The smallest absolute Gasteiger partial charge is 0.242 e. The van der Waals surface area contributed by atoms with E-state index in [4.69, 9.17) is 0 Å². The van der Waals surface area contributed by atoms with Crippen LogP contribution in [0.1, 0.15) is 33.1 Å². The molecule has 1 fully saturated rings. The first kappa shape index (κ1) is 17.9. The van der Waals surface area contributed by atoms with Gasteiger partial charge in [0, 0.05) is 25.6 Å². The van der Waals surface area contributed by atoms with Gasteiger partial charge in [-0.15, -0.1) is 0 Å². The molecule has 1 heterocycles. The minimum absolute atomic E-state index is 0.178. The average Bonchev–Trinajstić information content (AvgIpc) is 2.43. The molecule has 2 amide bonds. The fourth-order valence-corrected chi connectivity index (χ4v) is 3.12. The zero-order chi connectivity index (χ0) is 16.0. The quantitative estimate of drug-likeness (QED) is 0.702. The molecule has 122 valence electrons. The number of nitrogens with one attached hydrogen (secondary N) is 2. The first-order chi connectivity index (χ1) is 9.75. The Labute approximate surface area is 126 Å². The molecule has 1 aliphatic rings. The van der Waals surface area contributed by atoms with Gasteiger partial charge in [-0.3, -0.25) is 9.59 Å². The second kappa shape index (κ2) is 7.74. The molecule has 0 saturated carbocycles. The summed E-state index contributed by atoms with van der Waals surface area (Å²) in [6.07, 6.45) is 2.99. The van der Waals surface area contributed by atoms with E-state index in [1.54, 1.807) is 6.92 Å². The second-order valence-electron chi connectivity index (χ2n) is 5.46. The number of rotatable bonds is 6. The molecule has 8 heteroatoms. The first-order valence-electron chi connectivity index (χ1n) is 7.29. The molecule has 0 bridgehead atoms. The molecule has 0 spiro atoms. The summed E-state index contributed by atoms with van der Waals surface area (Å²) < 4.78 is 24.2. The highest BCUT2D eigenvalue weighted by molar-refractivity contribution is 7.88. The molecule has 1 aliphatic heterocycles. The van der Waals surface area contributed by atoms with E-state index in [0.717, 1.165) is 6.42 Å². The van der Waals surface area contributed by atoms with Gasteiger partial charge in [-0.2, -0.15) is 0 Å². The standard InChI is InChI=1S/C13H25N3O4S/c1-4-7-14-12(17)10(2)15-13(18)11-5-8-16(9-6-11)21(3,19)20/h10-11H,4-9H2,1-3H3,(H,14,17)(H,15,18). The monoisotopic (exact) mass is 319 g/mol. The van der Waals surface area contributed by atoms with Crippen molar-refractivity contribution in [3.05, 3.63) is 0 Å². The van der Waals surface area contributed by atoms with E-state index >= 15 is 0 Å². The molecule has 2 N–H and O–H groups in total. The van der Waals surface area contributed by atoms with Gasteiger partial charge in [-0.1, -0.05) is 6.92 Å². The van der Waals surface area contributed by atoms with Crippen molar-refractivity contribution < 1.29 is 18.0 Å². The van der Waals surface area contributed by atoms with Crippen LogP contribution < -0.4 is 10.6 Å². The van der Waals surface area contributed by atoms with Crippen LogP contribution in [0.4, 0.5) is 0 Å². The lowest BCUT2D eigenvalue weighted by atomic mass is 9.97. The fourth-order valence-electron chi connectivity index (χ4n) is 2.25. The summed E-state index contributed by atoms with van der Waals surface area (Å²) in [7, 11) is -3.18. The van der Waals surface area contributed by atoms with Crippen LogP contribution in [0.25, 0.3) is 0 Å². The highest BCUT2D eigenvalue weighted by Crippen LogP contribution is 2.19. The van der Waals surface area contributed by atoms with Crippen molar-refractivity contribution in [1.29, 1.82) is 0 Å². The maximum atomic E-state index is 12.1. The Hall–Kier alpha value is -1.15. The lowest BCUT2D eigenvalue weighted by molar-refractivity contribution is -0.131. The summed E-state index contributed by atoms with van der Waals surface area (Å²) in [6.45, 7) is 4.90. The van der Waals surface area contributed by atoms with Crippen LogP contribution in [0, 0.1) is 5.92 Å². The van der Waals surface area contributed by atoms with E-state index < -0.39 is 16.1 Å². The van der Waals surface area contributed by atoms with Gasteiger partial charge in [-0.25, -0.2) is 12.7 Å². The molecule has 1 saturated heterocycles. The molecule has 0 aromatic rings. The summed E-state index contributed by atoms with van der Waals surface area (Å²) in [4.78, 5) is 23.8. The summed E-state index contributed by atoms with van der Waals surface area (Å²) in [5.74, 6) is -0.606. The van der Waals surface area contributed by atoms with E-state index in [9.17, 15) is 18.0 Å². The average molecular weight is 319 g/mol. The minimum atomic E-state index is -3.18. The molecular weight excluding hydrogens is 294 g/mol. The Morgan fingerprint density at radius 2 is 1.86 bits per heavy atom. The lowest BCUT2D eigenvalue weighted by Crippen LogP contribution is -2.49. The van der Waals surface area contributed by atoms with Gasteiger partial charge >= 0.3 is 0 Å². The predicted octanol–water partition coefficient (Wildman–Crippen LogP) is -0.311. The van der Waals surface area contributed by atoms with E-state index in [0.29, 0.717) is 32.5 Å². The molecule has 0 aromatic heterocycles. The molecular formula is C13H25N3O4S. The van der Waals surface area contributed by atoms with E-state index in [1.807, 2.05) is 6.92 Å². The van der Waals surface area contributed by atoms with Gasteiger partial charge < -0.3 is 10.6 Å². The summed E-state index contributed by atoms with van der Waals surface area (Å²) in [6, 6.07) is -0.572. The normalized spacial score (nSPS) is 19.0. The highest BCUT2D eigenvalue weighted by atomic mass is 32.2. The van der Waals surface area contributed by atoms with Crippen molar-refractivity contribution in [2.24, 2.45) is 5.92 Å². The van der Waals surface area contributed by atoms with Crippen LogP contribution in [-0.2, 0) is 19.6 Å². The number of carbonyl (C=O) groups excluding carboxylic acids is 2. The van der Waals surface area contributed by atoms with Crippen molar-refractivity contribution in [2.75, 3.05) is 25.9 Å². The number of nitrogens with zero attached hydrogens (tertiary/aromatic N) is 1. The molecule has 0 radical (unpaired) electrons. The van der Waals surface area contributed by atoms with Gasteiger partial charge in [0.2, 0.25) is 21.8 Å². The third kappa shape index (κ3) is 5.62. The Balaban J connectivity index is 2.42. The minimum Gasteiger partial charge on any atom is -0.354 e. The SMILES string of the molecule is CCCNC(=O)C(C)NC(=O)C1CCN(S(C)(=O)=O)CC1. The zero-order valence-electron chi connectivity index (χ0n) is 12.9. The highest BCUT2D eigenvalue weighted by Gasteiger charge is 2.30. The van der Waals surface area contributed by atoms with Crippen molar-refractivity contribution in [3.8, 4) is 0 Å². The molecule has 7 nitrogen and oxygen atoms in total. The lowest BCUT2D eigenvalue weighted by Gasteiger charge is -2.30. The van der Waals surface area contributed by atoms with Crippen LogP contribution in [-0.4, -0.2) is 56.5 Å².